The van der Waals surface area contributed by atoms with Crippen molar-refractivity contribution in [2.24, 2.45) is 0 Å². The van der Waals surface area contributed by atoms with E-state index >= 15 is 0 Å². The van der Waals surface area contributed by atoms with Gasteiger partial charge in [-0.1, -0.05) is 75.5 Å². The molecule has 0 spiro atoms. The van der Waals surface area contributed by atoms with Gasteiger partial charge < -0.3 is 0 Å². The molecule has 2 nitrogen and oxygen atoms in total. The van der Waals surface area contributed by atoms with Crippen LogP contribution in [0.3, 0.4) is 0 Å². The van der Waals surface area contributed by atoms with Crippen LogP contribution in [0.4, 0.5) is 0 Å². The quantitative estimate of drug-likeness (QED) is 0.299. The maximum atomic E-state index is 6.31. The highest BCUT2D eigenvalue weighted by Gasteiger charge is 2.26. The van der Waals surface area contributed by atoms with E-state index in [9.17, 15) is 0 Å². The number of aromatic nitrogens is 2. The number of hydrogen-bond donors (Lipinski definition) is 0. The summed E-state index contributed by atoms with van der Waals surface area (Å²) >= 11 is 16.1. The van der Waals surface area contributed by atoms with E-state index < -0.39 is 0 Å². The van der Waals surface area contributed by atoms with E-state index in [0.29, 0.717) is 10.0 Å². The first-order valence-electron chi connectivity index (χ1n) is 9.03. The minimum atomic E-state index is 0.522. The van der Waals surface area contributed by atoms with Gasteiger partial charge >= 0.3 is 0 Å². The molecule has 0 saturated carbocycles. The van der Waals surface area contributed by atoms with Gasteiger partial charge in [0.1, 0.15) is 0 Å². The standard InChI is InChI=1S/C23H15BrCl2N2/c24-16-6-3-5-15(12-16)23-22-18-7-2-1-4-14(18)8-11-21(22)27-28(23)17-9-10-19(25)20(26)13-17/h1-7,9-10,12-13H,8,11H2. The lowest BCUT2D eigenvalue weighted by Gasteiger charge is -2.17. The fourth-order valence-electron chi connectivity index (χ4n) is 3.86. The van der Waals surface area contributed by atoms with Crippen LogP contribution < -0.4 is 0 Å². The average molecular weight is 470 g/mol. The van der Waals surface area contributed by atoms with Gasteiger partial charge in [-0.05, 0) is 54.3 Å². The van der Waals surface area contributed by atoms with Crippen LogP contribution in [0, 0.1) is 0 Å². The summed E-state index contributed by atoms with van der Waals surface area (Å²) in [5.74, 6) is 0. The first-order valence-corrected chi connectivity index (χ1v) is 10.6. The molecular formula is C23H15BrCl2N2. The van der Waals surface area contributed by atoms with Crippen LogP contribution in [-0.2, 0) is 12.8 Å². The summed E-state index contributed by atoms with van der Waals surface area (Å²) in [6.07, 6.45) is 1.92. The molecule has 138 valence electrons. The summed E-state index contributed by atoms with van der Waals surface area (Å²) < 4.78 is 3.03. The van der Waals surface area contributed by atoms with E-state index in [0.717, 1.165) is 40.0 Å². The Kier molecular flexibility index (Phi) is 4.54. The van der Waals surface area contributed by atoms with Crippen molar-refractivity contribution in [2.45, 2.75) is 12.8 Å². The lowest BCUT2D eigenvalue weighted by Crippen LogP contribution is -2.03. The summed E-state index contributed by atoms with van der Waals surface area (Å²) in [5, 5.41) is 6.06. The van der Waals surface area contributed by atoms with Gasteiger partial charge in [0.25, 0.3) is 0 Å². The summed E-state index contributed by atoms with van der Waals surface area (Å²) in [7, 11) is 0. The molecule has 0 bridgehead atoms. The number of benzene rings is 3. The van der Waals surface area contributed by atoms with Crippen LogP contribution in [0.2, 0.25) is 10.0 Å². The molecule has 1 aromatic heterocycles. The van der Waals surface area contributed by atoms with Crippen molar-refractivity contribution in [3.63, 3.8) is 0 Å². The molecule has 0 atom stereocenters. The number of aryl methyl sites for hydroxylation is 2. The van der Waals surface area contributed by atoms with Crippen molar-refractivity contribution in [3.8, 4) is 28.1 Å². The third kappa shape index (κ3) is 2.98. The van der Waals surface area contributed by atoms with Gasteiger partial charge in [0.15, 0.2) is 0 Å². The Morgan fingerprint density at radius 2 is 1.71 bits per heavy atom. The van der Waals surface area contributed by atoms with Gasteiger partial charge in [0.05, 0.1) is 27.1 Å². The molecule has 0 N–H and O–H groups in total. The molecule has 3 aromatic carbocycles. The van der Waals surface area contributed by atoms with Gasteiger partial charge in [0, 0.05) is 15.6 Å². The molecule has 28 heavy (non-hydrogen) atoms. The summed E-state index contributed by atoms with van der Waals surface area (Å²) in [6, 6.07) is 22.6. The number of fused-ring (bicyclic) bond motifs is 3. The Morgan fingerprint density at radius 3 is 2.54 bits per heavy atom. The van der Waals surface area contributed by atoms with Gasteiger partial charge in [-0.3, -0.25) is 0 Å². The first-order chi connectivity index (χ1) is 13.6. The van der Waals surface area contributed by atoms with E-state index in [2.05, 4.69) is 52.3 Å². The zero-order valence-electron chi connectivity index (χ0n) is 14.8. The second-order valence-electron chi connectivity index (χ2n) is 6.85. The van der Waals surface area contributed by atoms with Crippen LogP contribution in [0.5, 0.6) is 0 Å². The molecule has 0 radical (unpaired) electrons. The number of halogens is 3. The maximum absolute atomic E-state index is 6.31. The van der Waals surface area contributed by atoms with Crippen molar-refractivity contribution >= 4 is 39.1 Å². The highest BCUT2D eigenvalue weighted by Crippen LogP contribution is 2.42. The van der Waals surface area contributed by atoms with Gasteiger partial charge in [-0.25, -0.2) is 4.68 Å². The Hall–Kier alpha value is -2.07. The minimum Gasteiger partial charge on any atom is -0.232 e. The summed E-state index contributed by atoms with van der Waals surface area (Å²) in [4.78, 5) is 0. The molecule has 1 aliphatic carbocycles. The van der Waals surface area contributed by atoms with E-state index in [1.807, 2.05) is 35.0 Å². The summed E-state index contributed by atoms with van der Waals surface area (Å²) in [5.41, 5.74) is 8.00. The Balaban J connectivity index is 1.84. The normalized spacial score (nSPS) is 12.5. The SMILES string of the molecule is Clc1ccc(-n2nc3c(c2-c2cccc(Br)c2)-c2ccccc2CC3)cc1Cl. The molecule has 1 aliphatic rings. The maximum Gasteiger partial charge on any atom is 0.0822 e. The fraction of sp³-hybridized carbons (Fsp3) is 0.0870. The average Bonchev–Trinajstić information content (AvgIpc) is 3.10. The van der Waals surface area contributed by atoms with Crippen molar-refractivity contribution in [3.05, 3.63) is 92.5 Å². The van der Waals surface area contributed by atoms with Crippen molar-refractivity contribution < 1.29 is 0 Å². The zero-order valence-corrected chi connectivity index (χ0v) is 17.9. The molecule has 1 heterocycles. The molecule has 0 unspecified atom stereocenters. The van der Waals surface area contributed by atoms with Crippen molar-refractivity contribution in [1.82, 2.24) is 9.78 Å². The minimum absolute atomic E-state index is 0.522. The van der Waals surface area contributed by atoms with Crippen LogP contribution in [0.1, 0.15) is 11.3 Å². The predicted octanol–water partition coefficient (Wildman–Crippen LogP) is 7.37. The van der Waals surface area contributed by atoms with Crippen LogP contribution >= 0.6 is 39.1 Å². The van der Waals surface area contributed by atoms with E-state index in [1.54, 1.807) is 0 Å². The molecule has 0 amide bonds. The second-order valence-corrected chi connectivity index (χ2v) is 8.58. The first kappa shape index (κ1) is 18.0. The number of nitrogens with zero attached hydrogens (tertiary/aromatic N) is 2. The van der Waals surface area contributed by atoms with Crippen molar-refractivity contribution in [2.75, 3.05) is 0 Å². The summed E-state index contributed by atoms with van der Waals surface area (Å²) in [6.45, 7) is 0. The topological polar surface area (TPSA) is 17.8 Å². The zero-order chi connectivity index (χ0) is 19.3. The van der Waals surface area contributed by atoms with Gasteiger partial charge in [-0.2, -0.15) is 5.10 Å². The molecule has 0 saturated heterocycles. The highest BCUT2D eigenvalue weighted by atomic mass is 79.9. The molecular weight excluding hydrogens is 455 g/mol. The molecule has 0 fully saturated rings. The predicted molar refractivity (Wildman–Crippen MR) is 120 cm³/mol. The smallest absolute Gasteiger partial charge is 0.0822 e. The second kappa shape index (κ2) is 7.07. The van der Waals surface area contributed by atoms with Gasteiger partial charge in [-0.15, -0.1) is 0 Å². The Bertz CT molecular complexity index is 1210. The molecule has 0 aliphatic heterocycles. The highest BCUT2D eigenvalue weighted by molar-refractivity contribution is 9.10. The van der Waals surface area contributed by atoms with E-state index in [-0.39, 0.29) is 0 Å². The molecule has 5 rings (SSSR count). The number of hydrogen-bond acceptors (Lipinski definition) is 1. The van der Waals surface area contributed by atoms with E-state index in [1.165, 1.54) is 16.7 Å². The third-order valence-corrected chi connectivity index (χ3v) is 6.35. The van der Waals surface area contributed by atoms with Gasteiger partial charge in [0.2, 0.25) is 0 Å². The Morgan fingerprint density at radius 1 is 0.857 bits per heavy atom. The van der Waals surface area contributed by atoms with E-state index in [4.69, 9.17) is 28.3 Å². The fourth-order valence-corrected chi connectivity index (χ4v) is 4.55. The lowest BCUT2D eigenvalue weighted by molar-refractivity contribution is 0.818. The van der Waals surface area contributed by atoms with Crippen LogP contribution in [-0.4, -0.2) is 9.78 Å². The molecule has 4 aromatic rings. The monoisotopic (exact) mass is 468 g/mol. The van der Waals surface area contributed by atoms with Crippen LogP contribution in [0.25, 0.3) is 28.1 Å². The largest absolute Gasteiger partial charge is 0.232 e. The van der Waals surface area contributed by atoms with Crippen LogP contribution in [0.15, 0.2) is 71.2 Å². The van der Waals surface area contributed by atoms with Crippen molar-refractivity contribution in [1.29, 1.82) is 0 Å². The Labute approximate surface area is 181 Å². The lowest BCUT2D eigenvalue weighted by atomic mass is 9.87. The number of rotatable bonds is 2. The molecule has 5 heteroatoms. The third-order valence-electron chi connectivity index (χ3n) is 5.12.